The maximum absolute atomic E-state index is 11.0. The average Bonchev–Trinajstić information content (AvgIpc) is 3.22. The number of benzene rings is 3. The second kappa shape index (κ2) is 8.57. The van der Waals surface area contributed by atoms with E-state index in [-0.39, 0.29) is 18.3 Å². The minimum atomic E-state index is -0.305. The van der Waals surface area contributed by atoms with Crippen molar-refractivity contribution in [1.29, 1.82) is 0 Å². The molecule has 1 aromatic heterocycles. The van der Waals surface area contributed by atoms with Gasteiger partial charge < -0.3 is 9.84 Å². The third-order valence-electron chi connectivity index (χ3n) is 4.72. The summed E-state index contributed by atoms with van der Waals surface area (Å²) in [5.74, 6) is 0.508. The number of hydrogen-bond donors (Lipinski definition) is 1. The molecule has 3 aromatic carbocycles. The van der Waals surface area contributed by atoms with Crippen LogP contribution in [0.4, 0.5) is 0 Å². The molecular formula is C23H20N4O3. The molecule has 7 heteroatoms. The van der Waals surface area contributed by atoms with Gasteiger partial charge in [0.15, 0.2) is 5.82 Å². The van der Waals surface area contributed by atoms with Crippen LogP contribution >= 0.6 is 0 Å². The summed E-state index contributed by atoms with van der Waals surface area (Å²) in [6.07, 6.45) is 0. The lowest BCUT2D eigenvalue weighted by atomic mass is 9.98. The van der Waals surface area contributed by atoms with Gasteiger partial charge in [-0.1, -0.05) is 66.7 Å². The number of para-hydroxylation sites is 1. The number of nitrogens with zero attached hydrogens (tertiary/aromatic N) is 4. The number of hydrogen-bond acceptors (Lipinski definition) is 6. The molecule has 0 atom stereocenters. The van der Waals surface area contributed by atoms with Gasteiger partial charge >= 0.3 is 5.97 Å². The maximum Gasteiger partial charge on any atom is 0.302 e. The molecule has 0 aliphatic carbocycles. The van der Waals surface area contributed by atoms with Gasteiger partial charge in [0.1, 0.15) is 12.4 Å². The molecule has 0 aliphatic rings. The summed E-state index contributed by atoms with van der Waals surface area (Å²) in [7, 11) is 0. The minimum absolute atomic E-state index is 0.204. The number of esters is 1. The third kappa shape index (κ3) is 4.20. The fraction of sp³-hybridized carbons (Fsp3) is 0.130. The summed E-state index contributed by atoms with van der Waals surface area (Å²) in [6, 6.07) is 22.8. The first-order valence-corrected chi connectivity index (χ1v) is 9.47. The van der Waals surface area contributed by atoms with Crippen molar-refractivity contribution >= 4 is 5.97 Å². The van der Waals surface area contributed by atoms with Crippen molar-refractivity contribution in [2.75, 3.05) is 0 Å². The Hall–Kier alpha value is -4.00. The lowest BCUT2D eigenvalue weighted by molar-refractivity contribution is -0.142. The van der Waals surface area contributed by atoms with Crippen LogP contribution in [-0.4, -0.2) is 31.3 Å². The van der Waals surface area contributed by atoms with Gasteiger partial charge in [0.05, 0.1) is 6.54 Å². The van der Waals surface area contributed by atoms with Crippen LogP contribution in [-0.2, 0) is 22.7 Å². The van der Waals surface area contributed by atoms with E-state index in [1.807, 2.05) is 60.7 Å². The number of carbonyl (C=O) groups is 1. The normalized spacial score (nSPS) is 10.7. The van der Waals surface area contributed by atoms with Crippen molar-refractivity contribution in [1.82, 2.24) is 20.2 Å². The number of aromatic nitrogens is 4. The van der Waals surface area contributed by atoms with Crippen LogP contribution in [0.15, 0.2) is 72.8 Å². The first kappa shape index (κ1) is 19.3. The van der Waals surface area contributed by atoms with Crippen molar-refractivity contribution < 1.29 is 14.6 Å². The molecule has 4 rings (SSSR count). The number of phenols is 1. The zero-order chi connectivity index (χ0) is 20.9. The number of carbonyl (C=O) groups excluding carboxylic acids is 1. The molecule has 7 nitrogen and oxygen atoms in total. The fourth-order valence-electron chi connectivity index (χ4n) is 3.21. The smallest absolute Gasteiger partial charge is 0.302 e. The Balaban J connectivity index is 1.66. The molecule has 0 aliphatic heterocycles. The van der Waals surface area contributed by atoms with E-state index in [1.165, 1.54) is 6.92 Å². The van der Waals surface area contributed by atoms with Crippen LogP contribution in [0.5, 0.6) is 5.75 Å². The molecule has 0 bridgehead atoms. The van der Waals surface area contributed by atoms with Gasteiger partial charge in [-0.2, -0.15) is 0 Å². The van der Waals surface area contributed by atoms with Gasteiger partial charge in [0.2, 0.25) is 0 Å². The van der Waals surface area contributed by atoms with Gasteiger partial charge in [-0.05, 0) is 33.2 Å². The molecule has 0 saturated carbocycles. The highest BCUT2D eigenvalue weighted by molar-refractivity contribution is 5.80. The Labute approximate surface area is 173 Å². The molecular weight excluding hydrogens is 380 g/mol. The van der Waals surface area contributed by atoms with Crippen LogP contribution in [0, 0.1) is 0 Å². The molecule has 0 amide bonds. The van der Waals surface area contributed by atoms with E-state index in [0.717, 1.165) is 27.8 Å². The number of phenolic OH excluding ortho intramolecular Hbond substituents is 1. The zero-order valence-corrected chi connectivity index (χ0v) is 16.4. The Bertz CT molecular complexity index is 1170. The highest BCUT2D eigenvalue weighted by Crippen LogP contribution is 2.31. The maximum atomic E-state index is 11.0. The zero-order valence-electron chi connectivity index (χ0n) is 16.4. The van der Waals surface area contributed by atoms with Crippen LogP contribution in [0.2, 0.25) is 0 Å². The van der Waals surface area contributed by atoms with E-state index in [0.29, 0.717) is 12.4 Å². The van der Waals surface area contributed by atoms with E-state index >= 15 is 0 Å². The topological polar surface area (TPSA) is 90.1 Å². The van der Waals surface area contributed by atoms with Gasteiger partial charge in [0.25, 0.3) is 0 Å². The SMILES string of the molecule is CC(=O)OCc1ccc(-c2ccccc2-c2nnnn2Cc2ccccc2O)cc1. The molecule has 30 heavy (non-hydrogen) atoms. The predicted octanol–water partition coefficient (Wildman–Crippen LogP) is 3.82. The first-order chi connectivity index (χ1) is 14.6. The Kier molecular flexibility index (Phi) is 5.52. The summed E-state index contributed by atoms with van der Waals surface area (Å²) in [5, 5.41) is 22.3. The Morgan fingerprint density at radius 2 is 1.67 bits per heavy atom. The Morgan fingerprint density at radius 3 is 2.40 bits per heavy atom. The standard InChI is InChI=1S/C23H20N4O3/c1-16(28)30-15-17-10-12-18(13-11-17)20-7-3-4-8-21(20)23-24-25-26-27(23)14-19-6-2-5-9-22(19)29/h2-13,29H,14-15H2,1H3. The monoisotopic (exact) mass is 400 g/mol. The molecule has 4 aromatic rings. The quantitative estimate of drug-likeness (QED) is 0.495. The average molecular weight is 400 g/mol. The van der Waals surface area contributed by atoms with Crippen molar-refractivity contribution in [3.05, 3.63) is 83.9 Å². The minimum Gasteiger partial charge on any atom is -0.508 e. The van der Waals surface area contributed by atoms with E-state index in [4.69, 9.17) is 4.74 Å². The van der Waals surface area contributed by atoms with E-state index in [1.54, 1.807) is 16.8 Å². The lowest BCUT2D eigenvalue weighted by Gasteiger charge is -2.11. The molecule has 0 spiro atoms. The number of tetrazole rings is 1. The molecule has 0 saturated heterocycles. The van der Waals surface area contributed by atoms with Gasteiger partial charge in [-0.3, -0.25) is 4.79 Å². The third-order valence-corrected chi connectivity index (χ3v) is 4.72. The molecule has 1 N–H and O–H groups in total. The summed E-state index contributed by atoms with van der Waals surface area (Å²) < 4.78 is 6.72. The molecule has 0 radical (unpaired) electrons. The summed E-state index contributed by atoms with van der Waals surface area (Å²) >= 11 is 0. The van der Waals surface area contributed by atoms with Gasteiger partial charge in [0, 0.05) is 18.1 Å². The summed E-state index contributed by atoms with van der Waals surface area (Å²) in [5.41, 5.74) is 4.50. The van der Waals surface area contributed by atoms with Crippen LogP contribution in [0.1, 0.15) is 18.1 Å². The Morgan fingerprint density at radius 1 is 0.967 bits per heavy atom. The first-order valence-electron chi connectivity index (χ1n) is 9.47. The van der Waals surface area contributed by atoms with E-state index in [9.17, 15) is 9.90 Å². The number of aromatic hydroxyl groups is 1. The highest BCUT2D eigenvalue weighted by Gasteiger charge is 2.15. The van der Waals surface area contributed by atoms with Crippen LogP contribution in [0.25, 0.3) is 22.5 Å². The molecule has 1 heterocycles. The second-order valence-electron chi connectivity index (χ2n) is 6.81. The number of rotatable bonds is 6. The van der Waals surface area contributed by atoms with E-state index < -0.39 is 0 Å². The van der Waals surface area contributed by atoms with Crippen molar-refractivity contribution in [2.45, 2.75) is 20.1 Å². The molecule has 0 unspecified atom stereocenters. The lowest BCUT2D eigenvalue weighted by Crippen LogP contribution is -2.05. The van der Waals surface area contributed by atoms with E-state index in [2.05, 4.69) is 15.5 Å². The fourth-order valence-corrected chi connectivity index (χ4v) is 3.21. The largest absolute Gasteiger partial charge is 0.508 e. The van der Waals surface area contributed by atoms with Crippen molar-refractivity contribution in [2.24, 2.45) is 0 Å². The number of ether oxygens (including phenoxy) is 1. The molecule has 150 valence electrons. The van der Waals surface area contributed by atoms with Crippen molar-refractivity contribution in [3.8, 4) is 28.3 Å². The second-order valence-corrected chi connectivity index (χ2v) is 6.81. The summed E-state index contributed by atoms with van der Waals surface area (Å²) in [4.78, 5) is 11.0. The molecule has 0 fully saturated rings. The van der Waals surface area contributed by atoms with Crippen LogP contribution < -0.4 is 0 Å². The van der Waals surface area contributed by atoms with Crippen LogP contribution in [0.3, 0.4) is 0 Å². The van der Waals surface area contributed by atoms with Gasteiger partial charge in [-0.25, -0.2) is 4.68 Å². The predicted molar refractivity (Wildman–Crippen MR) is 111 cm³/mol. The van der Waals surface area contributed by atoms with Crippen molar-refractivity contribution in [3.63, 3.8) is 0 Å². The van der Waals surface area contributed by atoms with Gasteiger partial charge in [-0.15, -0.1) is 5.10 Å². The highest BCUT2D eigenvalue weighted by atomic mass is 16.5. The summed E-state index contributed by atoms with van der Waals surface area (Å²) in [6.45, 7) is 1.99.